The minimum absolute atomic E-state index is 0.347. The Hall–Kier alpha value is -1.06. The topological polar surface area (TPSA) is 35.5 Å². The molecule has 1 aliphatic rings. The first-order valence-electron chi connectivity index (χ1n) is 6.75. The zero-order chi connectivity index (χ0) is 13.0. The fraction of sp³-hybridized carbons (Fsp3) is 0.600. The number of phenols is 1. The first-order chi connectivity index (χ1) is 8.57. The smallest absolute Gasteiger partial charge is 0.115 e. The van der Waals surface area contributed by atoms with Crippen molar-refractivity contribution in [1.82, 2.24) is 10.2 Å². The summed E-state index contributed by atoms with van der Waals surface area (Å²) in [7, 11) is 2.19. The van der Waals surface area contributed by atoms with Crippen LogP contribution in [0.5, 0.6) is 5.75 Å². The predicted octanol–water partition coefficient (Wildman–Crippen LogP) is 2.21. The number of phenolic OH excluding ortho intramolecular Hbond substituents is 1. The van der Waals surface area contributed by atoms with Crippen molar-refractivity contribution in [3.63, 3.8) is 0 Å². The Balaban J connectivity index is 1.78. The van der Waals surface area contributed by atoms with E-state index in [-0.39, 0.29) is 0 Å². The summed E-state index contributed by atoms with van der Waals surface area (Å²) < 4.78 is 0. The second-order valence-electron chi connectivity index (χ2n) is 5.89. The molecule has 1 fully saturated rings. The van der Waals surface area contributed by atoms with Gasteiger partial charge in [-0.2, -0.15) is 0 Å². The zero-order valence-electron chi connectivity index (χ0n) is 11.4. The van der Waals surface area contributed by atoms with E-state index >= 15 is 0 Å². The molecule has 0 amide bonds. The number of benzene rings is 1. The standard InChI is InChI=1S/C15H24N2O/c1-15(6-8-17(2)9-7-15)12-16-11-13-4-3-5-14(18)10-13/h3-5,10,16,18H,6-9,11-12H2,1-2H3. The molecule has 0 atom stereocenters. The summed E-state index contributed by atoms with van der Waals surface area (Å²) in [5.41, 5.74) is 1.56. The molecule has 2 rings (SSSR count). The maximum absolute atomic E-state index is 9.41. The third-order valence-corrected chi connectivity index (χ3v) is 3.99. The highest BCUT2D eigenvalue weighted by Crippen LogP contribution is 2.29. The molecule has 0 spiro atoms. The van der Waals surface area contributed by atoms with Gasteiger partial charge in [0.25, 0.3) is 0 Å². The van der Waals surface area contributed by atoms with Gasteiger partial charge in [-0.3, -0.25) is 0 Å². The van der Waals surface area contributed by atoms with Crippen molar-refractivity contribution in [3.05, 3.63) is 29.8 Å². The van der Waals surface area contributed by atoms with Crippen molar-refractivity contribution >= 4 is 0 Å². The Morgan fingerprint density at radius 3 is 2.72 bits per heavy atom. The highest BCUT2D eigenvalue weighted by Gasteiger charge is 2.28. The molecular formula is C15H24N2O. The summed E-state index contributed by atoms with van der Waals surface area (Å²) in [6.07, 6.45) is 2.52. The Morgan fingerprint density at radius 1 is 1.33 bits per heavy atom. The molecule has 0 bridgehead atoms. The van der Waals surface area contributed by atoms with Crippen LogP contribution in [0, 0.1) is 5.41 Å². The van der Waals surface area contributed by atoms with Gasteiger partial charge in [0.05, 0.1) is 0 Å². The van der Waals surface area contributed by atoms with E-state index in [1.54, 1.807) is 6.07 Å². The van der Waals surface area contributed by atoms with Crippen LogP contribution in [0.1, 0.15) is 25.3 Å². The van der Waals surface area contributed by atoms with Crippen LogP contribution < -0.4 is 5.32 Å². The van der Waals surface area contributed by atoms with Crippen LogP contribution in [0.2, 0.25) is 0 Å². The molecular weight excluding hydrogens is 224 g/mol. The van der Waals surface area contributed by atoms with Crippen LogP contribution in [-0.4, -0.2) is 36.7 Å². The average Bonchev–Trinajstić information content (AvgIpc) is 2.34. The maximum atomic E-state index is 9.41. The van der Waals surface area contributed by atoms with E-state index in [9.17, 15) is 5.11 Å². The number of nitrogens with zero attached hydrogens (tertiary/aromatic N) is 1. The maximum Gasteiger partial charge on any atom is 0.115 e. The lowest BCUT2D eigenvalue weighted by molar-refractivity contribution is 0.137. The predicted molar refractivity (Wildman–Crippen MR) is 74.7 cm³/mol. The van der Waals surface area contributed by atoms with Crippen LogP contribution >= 0.6 is 0 Å². The molecule has 1 saturated heterocycles. The second-order valence-corrected chi connectivity index (χ2v) is 5.89. The van der Waals surface area contributed by atoms with Crippen LogP contribution in [-0.2, 0) is 6.54 Å². The molecule has 1 aromatic carbocycles. The summed E-state index contributed by atoms with van der Waals surface area (Å²) in [4.78, 5) is 2.40. The van der Waals surface area contributed by atoms with E-state index in [1.165, 1.54) is 25.9 Å². The van der Waals surface area contributed by atoms with E-state index < -0.39 is 0 Å². The van der Waals surface area contributed by atoms with Gasteiger partial charge in [-0.05, 0) is 56.1 Å². The fourth-order valence-corrected chi connectivity index (χ4v) is 2.51. The van der Waals surface area contributed by atoms with Gasteiger partial charge in [0.2, 0.25) is 0 Å². The van der Waals surface area contributed by atoms with Gasteiger partial charge >= 0.3 is 0 Å². The Kier molecular flexibility index (Phi) is 4.25. The van der Waals surface area contributed by atoms with Crippen LogP contribution in [0.15, 0.2) is 24.3 Å². The van der Waals surface area contributed by atoms with Gasteiger partial charge in [-0.15, -0.1) is 0 Å². The summed E-state index contributed by atoms with van der Waals surface area (Å²) in [5.74, 6) is 0.347. The molecule has 0 unspecified atom stereocenters. The molecule has 3 heteroatoms. The summed E-state index contributed by atoms with van der Waals surface area (Å²) in [6.45, 7) is 6.65. The number of hydrogen-bond donors (Lipinski definition) is 2. The number of nitrogens with one attached hydrogen (secondary N) is 1. The third kappa shape index (κ3) is 3.72. The molecule has 3 nitrogen and oxygen atoms in total. The lowest BCUT2D eigenvalue weighted by Crippen LogP contribution is -2.41. The number of aromatic hydroxyl groups is 1. The molecule has 18 heavy (non-hydrogen) atoms. The molecule has 0 aliphatic carbocycles. The summed E-state index contributed by atoms with van der Waals surface area (Å²) in [5, 5.41) is 12.9. The molecule has 1 aliphatic heterocycles. The quantitative estimate of drug-likeness (QED) is 0.857. The fourth-order valence-electron chi connectivity index (χ4n) is 2.51. The first-order valence-corrected chi connectivity index (χ1v) is 6.75. The number of piperidine rings is 1. The SMILES string of the molecule is CN1CCC(C)(CNCc2cccc(O)c2)CC1. The molecule has 0 radical (unpaired) electrons. The lowest BCUT2D eigenvalue weighted by Gasteiger charge is -2.38. The van der Waals surface area contributed by atoms with Gasteiger partial charge in [-0.25, -0.2) is 0 Å². The van der Waals surface area contributed by atoms with Crippen molar-refractivity contribution in [2.24, 2.45) is 5.41 Å². The average molecular weight is 248 g/mol. The van der Waals surface area contributed by atoms with E-state index in [1.807, 2.05) is 18.2 Å². The number of rotatable bonds is 4. The Morgan fingerprint density at radius 2 is 2.06 bits per heavy atom. The normalized spacial score (nSPS) is 19.9. The molecule has 2 N–H and O–H groups in total. The first kappa shape index (κ1) is 13.4. The molecule has 0 aromatic heterocycles. The van der Waals surface area contributed by atoms with Gasteiger partial charge in [0.1, 0.15) is 5.75 Å². The summed E-state index contributed by atoms with van der Waals surface area (Å²) >= 11 is 0. The molecule has 0 saturated carbocycles. The zero-order valence-corrected chi connectivity index (χ0v) is 11.4. The minimum atomic E-state index is 0.347. The number of hydrogen-bond acceptors (Lipinski definition) is 3. The van der Waals surface area contributed by atoms with Gasteiger partial charge in [0, 0.05) is 13.1 Å². The van der Waals surface area contributed by atoms with Gasteiger partial charge < -0.3 is 15.3 Å². The highest BCUT2D eigenvalue weighted by molar-refractivity contribution is 5.26. The van der Waals surface area contributed by atoms with Crippen molar-refractivity contribution in [2.45, 2.75) is 26.3 Å². The van der Waals surface area contributed by atoms with Crippen LogP contribution in [0.3, 0.4) is 0 Å². The van der Waals surface area contributed by atoms with Gasteiger partial charge in [0.15, 0.2) is 0 Å². The monoisotopic (exact) mass is 248 g/mol. The van der Waals surface area contributed by atoms with E-state index in [0.29, 0.717) is 11.2 Å². The van der Waals surface area contributed by atoms with E-state index in [2.05, 4.69) is 24.2 Å². The van der Waals surface area contributed by atoms with Crippen molar-refractivity contribution in [1.29, 1.82) is 0 Å². The Bertz CT molecular complexity index is 384. The van der Waals surface area contributed by atoms with Crippen molar-refractivity contribution in [2.75, 3.05) is 26.7 Å². The third-order valence-electron chi connectivity index (χ3n) is 3.99. The van der Waals surface area contributed by atoms with Crippen LogP contribution in [0.25, 0.3) is 0 Å². The Labute approximate surface area is 110 Å². The highest BCUT2D eigenvalue weighted by atomic mass is 16.3. The van der Waals surface area contributed by atoms with E-state index in [4.69, 9.17) is 0 Å². The number of likely N-dealkylation sites (tertiary alicyclic amines) is 1. The van der Waals surface area contributed by atoms with Crippen LogP contribution in [0.4, 0.5) is 0 Å². The van der Waals surface area contributed by atoms with Crippen molar-refractivity contribution < 1.29 is 5.11 Å². The molecule has 1 aromatic rings. The minimum Gasteiger partial charge on any atom is -0.508 e. The van der Waals surface area contributed by atoms with E-state index in [0.717, 1.165) is 18.7 Å². The molecule has 100 valence electrons. The van der Waals surface area contributed by atoms with Gasteiger partial charge in [-0.1, -0.05) is 19.1 Å². The van der Waals surface area contributed by atoms with Crippen molar-refractivity contribution in [3.8, 4) is 5.75 Å². The summed E-state index contributed by atoms with van der Waals surface area (Å²) in [6, 6.07) is 7.47. The molecule has 1 heterocycles. The second kappa shape index (κ2) is 5.72. The lowest BCUT2D eigenvalue weighted by atomic mass is 9.80. The largest absolute Gasteiger partial charge is 0.508 e.